The number of primary amides is 1. The number of nitrogens with two attached hydrogens (primary N) is 1. The van der Waals surface area contributed by atoms with E-state index in [0.29, 0.717) is 22.9 Å². The Morgan fingerprint density at radius 1 is 1.17 bits per heavy atom. The van der Waals surface area contributed by atoms with Crippen LogP contribution in [0.1, 0.15) is 15.9 Å². The first kappa shape index (κ1) is 14.4. The molecule has 0 saturated heterocycles. The number of pyridine rings is 1. The Balaban J connectivity index is 2.08. The van der Waals surface area contributed by atoms with Crippen molar-refractivity contribution in [1.82, 2.24) is 9.55 Å². The van der Waals surface area contributed by atoms with Crippen molar-refractivity contribution in [3.63, 3.8) is 0 Å². The molecule has 4 rings (SSSR count). The van der Waals surface area contributed by atoms with E-state index < -0.39 is 11.7 Å². The molecule has 0 bridgehead atoms. The summed E-state index contributed by atoms with van der Waals surface area (Å²) in [6.45, 7) is 0.551. The van der Waals surface area contributed by atoms with E-state index in [0.717, 1.165) is 16.6 Å². The first-order chi connectivity index (χ1) is 11.6. The van der Waals surface area contributed by atoms with Gasteiger partial charge in [-0.1, -0.05) is 12.1 Å². The van der Waals surface area contributed by atoms with Crippen LogP contribution in [0.3, 0.4) is 0 Å². The maximum absolute atomic E-state index is 13.7. The number of hydrogen-bond donors (Lipinski definition) is 1. The van der Waals surface area contributed by atoms with Gasteiger partial charge in [0.25, 0.3) is 0 Å². The predicted octanol–water partition coefficient (Wildman–Crippen LogP) is 3.28. The fourth-order valence-corrected chi connectivity index (χ4v) is 3.08. The summed E-state index contributed by atoms with van der Waals surface area (Å²) in [5.41, 5.74) is 8.48. The Kier molecular flexibility index (Phi) is 3.27. The van der Waals surface area contributed by atoms with Gasteiger partial charge in [0.1, 0.15) is 5.82 Å². The summed E-state index contributed by atoms with van der Waals surface area (Å²) >= 11 is 0. The van der Waals surface area contributed by atoms with Crippen LogP contribution >= 0.6 is 0 Å². The largest absolute Gasteiger partial charge is 0.366 e. The van der Waals surface area contributed by atoms with Crippen LogP contribution in [0.4, 0.5) is 4.39 Å². The summed E-state index contributed by atoms with van der Waals surface area (Å²) in [7, 11) is 0. The number of aromatic nitrogens is 2. The molecule has 0 atom stereocenters. The monoisotopic (exact) mass is 318 g/mol. The smallest absolute Gasteiger partial charge is 0.249 e. The molecule has 5 heteroatoms. The van der Waals surface area contributed by atoms with Crippen LogP contribution in [-0.4, -0.2) is 15.5 Å². The minimum absolute atomic E-state index is 0.365. The summed E-state index contributed by atoms with van der Waals surface area (Å²) in [6.07, 6.45) is 3.49. The molecule has 2 aromatic heterocycles. The lowest BCUT2D eigenvalue weighted by Gasteiger charge is -2.07. The Bertz CT molecular complexity index is 1070. The molecule has 117 valence electrons. The van der Waals surface area contributed by atoms with E-state index in [1.807, 2.05) is 22.8 Å². The van der Waals surface area contributed by atoms with Crippen molar-refractivity contribution in [2.75, 3.05) is 0 Å². The fraction of sp³-hybridized carbons (Fsp3) is 0.0526. The zero-order chi connectivity index (χ0) is 16.7. The highest BCUT2D eigenvalue weighted by atomic mass is 19.1. The van der Waals surface area contributed by atoms with E-state index >= 15 is 0 Å². The third-order valence-corrected chi connectivity index (χ3v) is 4.09. The molecule has 0 saturated carbocycles. The number of carbonyl (C=O) groups excluding carboxylic acids is 1. The predicted molar refractivity (Wildman–Crippen MR) is 90.1 cm³/mol. The number of hydrogen-bond acceptors (Lipinski definition) is 2. The molecule has 0 aliphatic rings. The molecular formula is C19H13FN3O. The van der Waals surface area contributed by atoms with Crippen molar-refractivity contribution >= 4 is 27.7 Å². The van der Waals surface area contributed by atoms with E-state index in [-0.39, 0.29) is 0 Å². The van der Waals surface area contributed by atoms with Gasteiger partial charge in [-0.05, 0) is 35.9 Å². The SMILES string of the molecule is NC(=O)c1cccc2c1c1[c]c(F)ccc1n2Cc1cccnc1. The van der Waals surface area contributed by atoms with Crippen LogP contribution in [0.15, 0.2) is 54.9 Å². The lowest BCUT2D eigenvalue weighted by Crippen LogP contribution is -2.11. The Labute approximate surface area is 137 Å². The minimum Gasteiger partial charge on any atom is -0.366 e. The molecule has 4 aromatic rings. The number of fused-ring (bicyclic) bond motifs is 3. The van der Waals surface area contributed by atoms with Gasteiger partial charge in [-0.25, -0.2) is 4.39 Å². The van der Waals surface area contributed by atoms with E-state index in [2.05, 4.69) is 11.1 Å². The Hall–Kier alpha value is -3.21. The highest BCUT2D eigenvalue weighted by Gasteiger charge is 2.17. The fourth-order valence-electron chi connectivity index (χ4n) is 3.08. The van der Waals surface area contributed by atoms with Crippen molar-refractivity contribution in [1.29, 1.82) is 0 Å². The van der Waals surface area contributed by atoms with Crippen molar-refractivity contribution in [2.24, 2.45) is 5.73 Å². The number of rotatable bonds is 3. The van der Waals surface area contributed by atoms with Crippen molar-refractivity contribution in [3.05, 3.63) is 77.9 Å². The average Bonchev–Trinajstić information content (AvgIpc) is 2.89. The Morgan fingerprint density at radius 2 is 2.04 bits per heavy atom. The molecule has 0 fully saturated rings. The highest BCUT2D eigenvalue weighted by Crippen LogP contribution is 2.32. The number of nitrogens with zero attached hydrogens (tertiary/aromatic N) is 2. The quantitative estimate of drug-likeness (QED) is 0.630. The maximum atomic E-state index is 13.7. The van der Waals surface area contributed by atoms with Crippen LogP contribution in [0.25, 0.3) is 21.8 Å². The first-order valence-corrected chi connectivity index (χ1v) is 7.46. The maximum Gasteiger partial charge on any atom is 0.249 e. The zero-order valence-electron chi connectivity index (χ0n) is 12.7. The molecule has 0 unspecified atom stereocenters. The van der Waals surface area contributed by atoms with E-state index in [1.54, 1.807) is 30.6 Å². The molecule has 0 aliphatic heterocycles. The van der Waals surface area contributed by atoms with Gasteiger partial charge in [-0.15, -0.1) is 0 Å². The summed E-state index contributed by atoms with van der Waals surface area (Å²) in [6, 6.07) is 14.9. The van der Waals surface area contributed by atoms with Gasteiger partial charge in [0.2, 0.25) is 5.91 Å². The number of halogens is 1. The van der Waals surface area contributed by atoms with Crippen LogP contribution in [0.5, 0.6) is 0 Å². The second-order valence-corrected chi connectivity index (χ2v) is 5.58. The number of carbonyl (C=O) groups is 1. The molecule has 0 aliphatic carbocycles. The number of amides is 1. The van der Waals surface area contributed by atoms with E-state index in [4.69, 9.17) is 5.73 Å². The number of benzene rings is 2. The van der Waals surface area contributed by atoms with Gasteiger partial charge in [0.05, 0.1) is 11.0 Å². The van der Waals surface area contributed by atoms with Crippen LogP contribution < -0.4 is 5.73 Å². The third-order valence-electron chi connectivity index (χ3n) is 4.09. The summed E-state index contributed by atoms with van der Waals surface area (Å²) in [5.74, 6) is -1.01. The van der Waals surface area contributed by atoms with Crippen molar-refractivity contribution in [3.8, 4) is 0 Å². The normalized spacial score (nSPS) is 11.2. The second-order valence-electron chi connectivity index (χ2n) is 5.58. The lowest BCUT2D eigenvalue weighted by molar-refractivity contribution is 0.100. The average molecular weight is 318 g/mol. The van der Waals surface area contributed by atoms with E-state index in [9.17, 15) is 9.18 Å². The molecule has 2 N–H and O–H groups in total. The van der Waals surface area contributed by atoms with Crippen LogP contribution in [-0.2, 0) is 6.54 Å². The second kappa shape index (κ2) is 5.45. The van der Waals surface area contributed by atoms with Crippen LogP contribution in [0, 0.1) is 11.9 Å². The molecule has 24 heavy (non-hydrogen) atoms. The molecule has 4 nitrogen and oxygen atoms in total. The van der Waals surface area contributed by atoms with Crippen molar-refractivity contribution in [2.45, 2.75) is 6.54 Å². The minimum atomic E-state index is -0.543. The molecule has 1 radical (unpaired) electrons. The molecule has 1 amide bonds. The third kappa shape index (κ3) is 2.22. The van der Waals surface area contributed by atoms with Gasteiger partial charge in [0.15, 0.2) is 0 Å². The standard InChI is InChI=1S/C19H13FN3O/c20-13-6-7-16-15(9-13)18-14(19(21)24)4-1-5-17(18)23(16)11-12-3-2-8-22-10-12/h1-8,10H,11H2,(H2,21,24). The zero-order valence-corrected chi connectivity index (χ0v) is 12.7. The molecular weight excluding hydrogens is 305 g/mol. The first-order valence-electron chi connectivity index (χ1n) is 7.46. The van der Waals surface area contributed by atoms with Gasteiger partial charge in [-0.3, -0.25) is 9.78 Å². The van der Waals surface area contributed by atoms with Gasteiger partial charge in [0, 0.05) is 41.3 Å². The van der Waals surface area contributed by atoms with Crippen LogP contribution in [0.2, 0.25) is 0 Å². The highest BCUT2D eigenvalue weighted by molar-refractivity contribution is 6.17. The molecule has 2 heterocycles. The van der Waals surface area contributed by atoms with E-state index in [1.165, 1.54) is 6.07 Å². The van der Waals surface area contributed by atoms with Gasteiger partial charge < -0.3 is 10.3 Å². The Morgan fingerprint density at radius 3 is 2.79 bits per heavy atom. The van der Waals surface area contributed by atoms with Crippen molar-refractivity contribution < 1.29 is 9.18 Å². The molecule has 2 aromatic carbocycles. The van der Waals surface area contributed by atoms with Gasteiger partial charge >= 0.3 is 0 Å². The summed E-state index contributed by atoms with van der Waals surface area (Å²) < 4.78 is 15.8. The summed E-state index contributed by atoms with van der Waals surface area (Å²) in [5, 5.41) is 1.19. The summed E-state index contributed by atoms with van der Waals surface area (Å²) in [4.78, 5) is 15.9. The lowest BCUT2D eigenvalue weighted by atomic mass is 10.1. The molecule has 0 spiro atoms. The van der Waals surface area contributed by atoms with Gasteiger partial charge in [-0.2, -0.15) is 0 Å². The topological polar surface area (TPSA) is 60.9 Å².